The van der Waals surface area contributed by atoms with Crippen molar-refractivity contribution >= 4 is 34.2 Å². The largest absolute Gasteiger partial charge is 0.322 e. The summed E-state index contributed by atoms with van der Waals surface area (Å²) < 4.78 is 0. The Morgan fingerprint density at radius 3 is 2.65 bits per heavy atom. The summed E-state index contributed by atoms with van der Waals surface area (Å²) in [6, 6.07) is 17.2. The zero-order chi connectivity index (χ0) is 15.6. The molecule has 2 aliphatic rings. The van der Waals surface area contributed by atoms with E-state index in [1.807, 2.05) is 42.5 Å². The fourth-order valence-corrected chi connectivity index (χ4v) is 3.63. The molecule has 0 spiro atoms. The minimum atomic E-state index is -0.0945. The summed E-state index contributed by atoms with van der Waals surface area (Å²) >= 11 is 1.67. The van der Waals surface area contributed by atoms with Crippen molar-refractivity contribution in [3.63, 3.8) is 0 Å². The van der Waals surface area contributed by atoms with Gasteiger partial charge in [-0.25, -0.2) is 0 Å². The Morgan fingerprint density at radius 1 is 1.09 bits per heavy atom. The minimum absolute atomic E-state index is 0.0945. The predicted octanol–water partition coefficient (Wildman–Crippen LogP) is 3.66. The molecular formula is C18H15N3OS. The van der Waals surface area contributed by atoms with E-state index in [4.69, 9.17) is 0 Å². The quantitative estimate of drug-likeness (QED) is 0.938. The monoisotopic (exact) mass is 321 g/mol. The molecule has 5 heteroatoms. The molecule has 0 radical (unpaired) electrons. The SMILES string of the molecule is O=C(Nc1ccc(C2=CSC3=NCCN23)cc1)c1ccccc1. The zero-order valence-corrected chi connectivity index (χ0v) is 13.2. The summed E-state index contributed by atoms with van der Waals surface area (Å²) in [5, 5.41) is 6.14. The molecule has 0 bridgehead atoms. The van der Waals surface area contributed by atoms with E-state index in [0.29, 0.717) is 5.56 Å². The minimum Gasteiger partial charge on any atom is -0.322 e. The molecule has 0 saturated heterocycles. The Kier molecular flexibility index (Phi) is 3.63. The van der Waals surface area contributed by atoms with E-state index in [-0.39, 0.29) is 5.91 Å². The van der Waals surface area contributed by atoms with Gasteiger partial charge in [-0.15, -0.1) is 0 Å². The van der Waals surface area contributed by atoms with Crippen molar-refractivity contribution in [1.82, 2.24) is 4.90 Å². The highest BCUT2D eigenvalue weighted by molar-refractivity contribution is 8.16. The number of carbonyl (C=O) groups is 1. The standard InChI is InChI=1S/C18H15N3OS/c22-17(14-4-2-1-3-5-14)20-15-8-6-13(7-9-15)16-12-23-18-19-10-11-21(16)18/h1-9,12H,10-11H2,(H,20,22). The van der Waals surface area contributed by atoms with Gasteiger partial charge in [0.05, 0.1) is 12.2 Å². The number of anilines is 1. The second-order valence-electron chi connectivity index (χ2n) is 5.33. The molecule has 0 fully saturated rings. The number of benzene rings is 2. The van der Waals surface area contributed by atoms with Crippen molar-refractivity contribution in [3.8, 4) is 0 Å². The first-order valence-electron chi connectivity index (χ1n) is 7.47. The van der Waals surface area contributed by atoms with Crippen LogP contribution in [0.3, 0.4) is 0 Å². The fraction of sp³-hybridized carbons (Fsp3) is 0.111. The molecule has 0 aliphatic carbocycles. The number of amidine groups is 1. The van der Waals surface area contributed by atoms with Crippen molar-refractivity contribution < 1.29 is 4.79 Å². The number of carbonyl (C=O) groups excluding carboxylic acids is 1. The summed E-state index contributed by atoms with van der Waals surface area (Å²) in [5.41, 5.74) is 3.78. The van der Waals surface area contributed by atoms with Gasteiger partial charge in [-0.3, -0.25) is 9.79 Å². The van der Waals surface area contributed by atoms with Gasteiger partial charge in [0.15, 0.2) is 5.17 Å². The number of rotatable bonds is 3. The van der Waals surface area contributed by atoms with Gasteiger partial charge in [-0.1, -0.05) is 42.1 Å². The molecule has 0 atom stereocenters. The number of thioether (sulfide) groups is 1. The molecule has 0 unspecified atom stereocenters. The van der Waals surface area contributed by atoms with Gasteiger partial charge >= 0.3 is 0 Å². The van der Waals surface area contributed by atoms with E-state index in [2.05, 4.69) is 20.6 Å². The first-order chi connectivity index (χ1) is 11.3. The molecule has 23 heavy (non-hydrogen) atoms. The van der Waals surface area contributed by atoms with E-state index >= 15 is 0 Å². The van der Waals surface area contributed by atoms with Crippen LogP contribution >= 0.6 is 11.8 Å². The van der Waals surface area contributed by atoms with Gasteiger partial charge in [0.2, 0.25) is 0 Å². The Morgan fingerprint density at radius 2 is 1.87 bits per heavy atom. The van der Waals surface area contributed by atoms with Crippen LogP contribution in [0.25, 0.3) is 5.70 Å². The summed E-state index contributed by atoms with van der Waals surface area (Å²) in [6.07, 6.45) is 0. The van der Waals surface area contributed by atoms with Crippen LogP contribution in [0, 0.1) is 0 Å². The second kappa shape index (κ2) is 5.93. The third kappa shape index (κ3) is 2.75. The molecule has 0 saturated carbocycles. The Hall–Kier alpha value is -2.53. The van der Waals surface area contributed by atoms with Crippen LogP contribution in [0.15, 0.2) is 65.0 Å². The van der Waals surface area contributed by atoms with Crippen LogP contribution in [-0.4, -0.2) is 29.1 Å². The molecular weight excluding hydrogens is 306 g/mol. The Labute approximate surface area is 138 Å². The van der Waals surface area contributed by atoms with Gasteiger partial charge in [-0.2, -0.15) is 0 Å². The number of fused-ring (bicyclic) bond motifs is 1. The maximum Gasteiger partial charge on any atom is 0.255 e. The van der Waals surface area contributed by atoms with E-state index in [1.165, 1.54) is 5.70 Å². The van der Waals surface area contributed by atoms with Crippen molar-refractivity contribution in [2.45, 2.75) is 0 Å². The van der Waals surface area contributed by atoms with E-state index < -0.39 is 0 Å². The molecule has 4 rings (SSSR count). The number of hydrogen-bond donors (Lipinski definition) is 1. The summed E-state index contributed by atoms with van der Waals surface area (Å²) in [4.78, 5) is 18.9. The maximum atomic E-state index is 12.2. The number of hydrogen-bond acceptors (Lipinski definition) is 4. The highest BCUT2D eigenvalue weighted by atomic mass is 32.2. The average molecular weight is 321 g/mol. The molecule has 2 aromatic carbocycles. The number of nitrogens with one attached hydrogen (secondary N) is 1. The first-order valence-corrected chi connectivity index (χ1v) is 8.35. The van der Waals surface area contributed by atoms with Gasteiger partial charge in [0.1, 0.15) is 0 Å². The Bertz CT molecular complexity index is 797. The molecule has 114 valence electrons. The molecule has 2 aromatic rings. The van der Waals surface area contributed by atoms with Gasteiger partial charge in [-0.05, 0) is 29.8 Å². The molecule has 2 aliphatic heterocycles. The van der Waals surface area contributed by atoms with Crippen LogP contribution in [-0.2, 0) is 0 Å². The van der Waals surface area contributed by atoms with Crippen molar-refractivity contribution in [1.29, 1.82) is 0 Å². The second-order valence-corrected chi connectivity index (χ2v) is 6.17. The van der Waals surface area contributed by atoms with Crippen molar-refractivity contribution in [3.05, 3.63) is 71.1 Å². The number of amides is 1. The van der Waals surface area contributed by atoms with E-state index in [9.17, 15) is 4.79 Å². The van der Waals surface area contributed by atoms with Crippen molar-refractivity contribution in [2.24, 2.45) is 4.99 Å². The summed E-state index contributed by atoms with van der Waals surface area (Å²) in [6.45, 7) is 1.81. The van der Waals surface area contributed by atoms with E-state index in [0.717, 1.165) is 29.5 Å². The lowest BCUT2D eigenvalue weighted by molar-refractivity contribution is 0.102. The smallest absolute Gasteiger partial charge is 0.255 e. The molecule has 1 N–H and O–H groups in total. The average Bonchev–Trinajstić information content (AvgIpc) is 3.20. The normalized spacial score (nSPS) is 15.9. The van der Waals surface area contributed by atoms with Crippen LogP contribution in [0.4, 0.5) is 5.69 Å². The van der Waals surface area contributed by atoms with Crippen LogP contribution < -0.4 is 5.32 Å². The molecule has 1 amide bonds. The third-order valence-corrected chi connectivity index (χ3v) is 4.74. The van der Waals surface area contributed by atoms with Crippen LogP contribution in [0.2, 0.25) is 0 Å². The lowest BCUT2D eigenvalue weighted by Gasteiger charge is -2.16. The van der Waals surface area contributed by atoms with Gasteiger partial charge < -0.3 is 10.2 Å². The lowest BCUT2D eigenvalue weighted by Crippen LogP contribution is -2.19. The predicted molar refractivity (Wildman–Crippen MR) is 95.4 cm³/mol. The topological polar surface area (TPSA) is 44.7 Å². The maximum absolute atomic E-state index is 12.2. The molecule has 4 nitrogen and oxygen atoms in total. The lowest BCUT2D eigenvalue weighted by atomic mass is 10.1. The molecule has 0 aromatic heterocycles. The molecule has 2 heterocycles. The summed E-state index contributed by atoms with van der Waals surface area (Å²) in [7, 11) is 0. The summed E-state index contributed by atoms with van der Waals surface area (Å²) in [5.74, 6) is -0.0945. The highest BCUT2D eigenvalue weighted by Gasteiger charge is 2.26. The van der Waals surface area contributed by atoms with E-state index in [1.54, 1.807) is 23.9 Å². The Balaban J connectivity index is 1.48. The number of nitrogens with zero attached hydrogens (tertiary/aromatic N) is 2. The van der Waals surface area contributed by atoms with Gasteiger partial charge in [0.25, 0.3) is 5.91 Å². The fourth-order valence-electron chi connectivity index (χ4n) is 2.66. The van der Waals surface area contributed by atoms with Crippen LogP contribution in [0.1, 0.15) is 15.9 Å². The highest BCUT2D eigenvalue weighted by Crippen LogP contribution is 2.35. The zero-order valence-electron chi connectivity index (χ0n) is 12.4. The van der Waals surface area contributed by atoms with Gasteiger partial charge in [0, 0.05) is 23.2 Å². The van der Waals surface area contributed by atoms with Crippen molar-refractivity contribution in [2.75, 3.05) is 18.4 Å². The van der Waals surface area contributed by atoms with Crippen LogP contribution in [0.5, 0.6) is 0 Å². The first kappa shape index (κ1) is 14.1. The number of aliphatic imine (C=N–C) groups is 1. The third-order valence-electron chi connectivity index (χ3n) is 3.84.